The van der Waals surface area contributed by atoms with Crippen LogP contribution in [0.1, 0.15) is 56.9 Å². The van der Waals surface area contributed by atoms with E-state index in [4.69, 9.17) is 4.74 Å². The minimum atomic E-state index is 0.0424. The Hall–Kier alpha value is -2.62. The van der Waals surface area contributed by atoms with Gasteiger partial charge in [-0.1, -0.05) is 73.7 Å². The Bertz CT molecular complexity index is 884. The lowest BCUT2D eigenvalue weighted by Crippen LogP contribution is -2.36. The number of ether oxygens (including phenoxy) is 1. The predicted molar refractivity (Wildman–Crippen MR) is 135 cm³/mol. The zero-order valence-electron chi connectivity index (χ0n) is 20.3. The van der Waals surface area contributed by atoms with Crippen LogP contribution in [-0.2, 0) is 19.6 Å². The van der Waals surface area contributed by atoms with Gasteiger partial charge in [0.25, 0.3) is 0 Å². The van der Waals surface area contributed by atoms with Crippen molar-refractivity contribution in [2.45, 2.75) is 66.3 Å². The molecule has 0 aliphatic heterocycles. The molecule has 172 valence electrons. The van der Waals surface area contributed by atoms with Crippen molar-refractivity contribution in [2.75, 3.05) is 6.54 Å². The van der Waals surface area contributed by atoms with E-state index in [2.05, 4.69) is 63.8 Å². The summed E-state index contributed by atoms with van der Waals surface area (Å²) in [6.45, 7) is 12.9. The monoisotopic (exact) mass is 433 g/mol. The highest BCUT2D eigenvalue weighted by atomic mass is 16.5. The second-order valence-electron chi connectivity index (χ2n) is 8.55. The first-order chi connectivity index (χ1) is 15.4. The molecule has 3 heteroatoms. The lowest BCUT2D eigenvalue weighted by Gasteiger charge is -2.28. The first-order valence-corrected chi connectivity index (χ1v) is 11.6. The van der Waals surface area contributed by atoms with Crippen LogP contribution in [0.15, 0.2) is 78.9 Å². The zero-order chi connectivity index (χ0) is 23.3. The maximum absolute atomic E-state index is 9.39. The average molecular weight is 434 g/mol. The summed E-state index contributed by atoms with van der Waals surface area (Å²) >= 11 is 0. The third kappa shape index (κ3) is 8.49. The molecule has 0 saturated heterocycles. The number of aliphatic hydroxyl groups excluding tert-OH is 1. The minimum Gasteiger partial charge on any atom is -0.489 e. The quantitative estimate of drug-likeness (QED) is 0.419. The number of hydrogen-bond acceptors (Lipinski definition) is 3. The van der Waals surface area contributed by atoms with Crippen molar-refractivity contribution in [3.63, 3.8) is 0 Å². The van der Waals surface area contributed by atoms with Crippen LogP contribution in [0.25, 0.3) is 0 Å². The normalized spacial score (nSPS) is 10.9. The summed E-state index contributed by atoms with van der Waals surface area (Å²) < 4.78 is 6.01. The molecule has 0 aromatic heterocycles. The van der Waals surface area contributed by atoms with Crippen molar-refractivity contribution in [1.82, 2.24) is 4.90 Å². The van der Waals surface area contributed by atoms with E-state index in [0.29, 0.717) is 18.7 Å². The molecule has 0 bridgehead atoms. The Balaban J connectivity index is 0.000000344. The van der Waals surface area contributed by atoms with Crippen LogP contribution in [0.5, 0.6) is 5.75 Å². The molecule has 0 aliphatic carbocycles. The third-order valence-corrected chi connectivity index (χ3v) is 5.47. The van der Waals surface area contributed by atoms with Gasteiger partial charge in [0.05, 0.1) is 6.61 Å². The third-order valence-electron chi connectivity index (χ3n) is 5.47. The van der Waals surface area contributed by atoms with Crippen molar-refractivity contribution >= 4 is 0 Å². The smallest absolute Gasteiger partial charge is 0.123 e. The van der Waals surface area contributed by atoms with Gasteiger partial charge in [0.15, 0.2) is 0 Å². The van der Waals surface area contributed by atoms with E-state index in [-0.39, 0.29) is 6.61 Å². The summed E-state index contributed by atoms with van der Waals surface area (Å²) in [5.74, 6) is 0.870. The highest BCUT2D eigenvalue weighted by Gasteiger charge is 2.09. The molecule has 3 nitrogen and oxygen atoms in total. The second-order valence-corrected chi connectivity index (χ2v) is 8.55. The molecule has 0 radical (unpaired) electrons. The molecule has 3 rings (SSSR count). The highest BCUT2D eigenvalue weighted by Crippen LogP contribution is 2.24. The molecule has 0 unspecified atom stereocenters. The van der Waals surface area contributed by atoms with Crippen molar-refractivity contribution in [2.24, 2.45) is 0 Å². The number of nitrogens with zero attached hydrogens (tertiary/aromatic N) is 1. The number of benzene rings is 3. The van der Waals surface area contributed by atoms with E-state index in [1.165, 1.54) is 5.56 Å². The van der Waals surface area contributed by atoms with Gasteiger partial charge in [-0.2, -0.15) is 0 Å². The Morgan fingerprint density at radius 3 is 1.78 bits per heavy atom. The molecule has 0 saturated carbocycles. The van der Waals surface area contributed by atoms with Crippen molar-refractivity contribution < 1.29 is 9.84 Å². The van der Waals surface area contributed by atoms with Gasteiger partial charge in [0.2, 0.25) is 0 Å². The molecule has 0 atom stereocenters. The fourth-order valence-corrected chi connectivity index (χ4v) is 3.89. The lowest BCUT2D eigenvalue weighted by molar-refractivity contribution is 0.185. The van der Waals surface area contributed by atoms with Gasteiger partial charge >= 0.3 is 0 Å². The van der Waals surface area contributed by atoms with Crippen molar-refractivity contribution in [3.8, 4) is 5.75 Å². The summed E-state index contributed by atoms with van der Waals surface area (Å²) in [4.78, 5) is 2.46. The van der Waals surface area contributed by atoms with Crippen LogP contribution >= 0.6 is 0 Å². The van der Waals surface area contributed by atoms with Crippen molar-refractivity contribution in [1.29, 1.82) is 0 Å². The summed E-state index contributed by atoms with van der Waals surface area (Å²) in [6.07, 6.45) is 0.790. The van der Waals surface area contributed by atoms with Gasteiger partial charge in [-0.3, -0.25) is 4.90 Å². The molecule has 3 aromatic carbocycles. The van der Waals surface area contributed by atoms with E-state index in [9.17, 15) is 5.11 Å². The molecule has 0 heterocycles. The van der Waals surface area contributed by atoms with Gasteiger partial charge in [0.1, 0.15) is 12.4 Å². The maximum Gasteiger partial charge on any atom is 0.123 e. The molecular weight excluding hydrogens is 394 g/mol. The van der Waals surface area contributed by atoms with E-state index >= 15 is 0 Å². The van der Waals surface area contributed by atoms with E-state index in [1.54, 1.807) is 0 Å². The number of rotatable bonds is 9. The maximum atomic E-state index is 9.39. The standard InChI is InChI=1S/C21H20O2.C8H19N/c22-15-19-11-12-21(23-16-18-9-5-2-6-10-18)20(14-19)13-17-7-3-1-4-8-17;1-6-9(7(2)3)8(4)5/h1-12,14,22H,13,15-16H2;7-8H,6H2,1-5H3. The van der Waals surface area contributed by atoms with Crippen molar-refractivity contribution in [3.05, 3.63) is 101 Å². The van der Waals surface area contributed by atoms with Gasteiger partial charge < -0.3 is 9.84 Å². The van der Waals surface area contributed by atoms with Crippen LogP contribution in [0.3, 0.4) is 0 Å². The first-order valence-electron chi connectivity index (χ1n) is 11.6. The largest absolute Gasteiger partial charge is 0.489 e. The topological polar surface area (TPSA) is 32.7 Å². The fourth-order valence-electron chi connectivity index (χ4n) is 3.89. The van der Waals surface area contributed by atoms with Gasteiger partial charge in [-0.25, -0.2) is 0 Å². The molecule has 0 fully saturated rings. The second kappa shape index (κ2) is 13.7. The molecule has 0 amide bonds. The van der Waals surface area contributed by atoms with E-state index in [0.717, 1.165) is 35.4 Å². The van der Waals surface area contributed by atoms with Crippen LogP contribution in [0, 0.1) is 0 Å². The summed E-state index contributed by atoms with van der Waals surface area (Å²) in [6, 6.07) is 27.7. The lowest BCUT2D eigenvalue weighted by atomic mass is 10.0. The van der Waals surface area contributed by atoms with Gasteiger partial charge in [-0.05, 0) is 68.6 Å². The molecular formula is C29H39NO2. The van der Waals surface area contributed by atoms with Gasteiger partial charge in [-0.15, -0.1) is 0 Å². The van der Waals surface area contributed by atoms with E-state index < -0.39 is 0 Å². The molecule has 1 N–H and O–H groups in total. The zero-order valence-corrected chi connectivity index (χ0v) is 20.3. The minimum absolute atomic E-state index is 0.0424. The molecule has 0 aliphatic rings. The fraction of sp³-hybridized carbons (Fsp3) is 0.379. The van der Waals surface area contributed by atoms with Gasteiger partial charge in [0, 0.05) is 18.5 Å². The molecule has 0 spiro atoms. The van der Waals surface area contributed by atoms with Crippen LogP contribution in [0.4, 0.5) is 0 Å². The Morgan fingerprint density at radius 2 is 1.31 bits per heavy atom. The Morgan fingerprint density at radius 1 is 0.750 bits per heavy atom. The highest BCUT2D eigenvalue weighted by molar-refractivity contribution is 5.40. The number of aliphatic hydroxyl groups is 1. The first kappa shape index (κ1) is 25.6. The Kier molecular flexibility index (Phi) is 11.0. The summed E-state index contributed by atoms with van der Waals surface area (Å²) in [7, 11) is 0. The summed E-state index contributed by atoms with van der Waals surface area (Å²) in [5.41, 5.74) is 4.37. The predicted octanol–water partition coefficient (Wildman–Crippen LogP) is 6.47. The molecule has 3 aromatic rings. The Labute approximate surface area is 194 Å². The number of hydrogen-bond donors (Lipinski definition) is 1. The SMILES string of the molecule is CCN(C(C)C)C(C)C.OCc1ccc(OCc2ccccc2)c(Cc2ccccc2)c1. The van der Waals surface area contributed by atoms with E-state index in [1.807, 2.05) is 54.6 Å². The van der Waals surface area contributed by atoms with Crippen LogP contribution < -0.4 is 4.74 Å². The summed E-state index contributed by atoms with van der Waals surface area (Å²) in [5, 5.41) is 9.39. The molecule has 32 heavy (non-hydrogen) atoms. The van der Waals surface area contributed by atoms with Crippen LogP contribution in [0.2, 0.25) is 0 Å². The van der Waals surface area contributed by atoms with Crippen LogP contribution in [-0.4, -0.2) is 28.6 Å². The average Bonchev–Trinajstić information content (AvgIpc) is 2.80.